The zero-order valence-corrected chi connectivity index (χ0v) is 87.7. The number of aliphatic hydroxyl groups excluding tert-OH is 4. The number of carboxylic acid groups (broad SMARTS) is 1. The molecule has 5 aromatic carbocycles. The average Bonchev–Trinajstić information content (AvgIpc) is 1.65. The summed E-state index contributed by atoms with van der Waals surface area (Å²) in [5.41, 5.74) is 11.0. The molecule has 0 saturated carbocycles. The topological polar surface area (TPSA) is 432 Å². The number of aliphatic carboxylic acids is 1. The summed E-state index contributed by atoms with van der Waals surface area (Å²) >= 11 is 7.88. The molecule has 0 spiro atoms. The molecule has 1 fully saturated rings. The Morgan fingerprint density at radius 2 is 0.671 bits per heavy atom. The molecule has 5 atom stereocenters. The highest BCUT2D eigenvalue weighted by Gasteiger charge is 2.35. The molecular weight excluding hydrogens is 2000 g/mol. The largest absolute Gasteiger partial charge is 0.478 e. The van der Waals surface area contributed by atoms with Gasteiger partial charge in [-0.3, -0.25) is 24.1 Å². The van der Waals surface area contributed by atoms with E-state index < -0.39 is 16.0 Å². The number of nitrogens with one attached hydrogen (secondary N) is 5. The third-order valence-corrected chi connectivity index (χ3v) is 33.8. The number of amides is 4. The lowest BCUT2D eigenvalue weighted by molar-refractivity contribution is -0.132. The van der Waals surface area contributed by atoms with Crippen molar-refractivity contribution in [3.8, 4) is 0 Å². The lowest BCUT2D eigenvalue weighted by atomic mass is 10.0. The number of sulfonamides is 1. The molecule has 21 rings (SSSR count). The number of carbonyl (C=O) groups excluding carboxylic acids is 4. The number of fused-ring (bicyclic) bond motifs is 15. The third-order valence-electron chi connectivity index (χ3n) is 26.7. The van der Waals surface area contributed by atoms with Crippen molar-refractivity contribution in [2.75, 3.05) is 126 Å². The summed E-state index contributed by atoms with van der Waals surface area (Å²) in [6.45, 7) is 18.2. The van der Waals surface area contributed by atoms with Crippen molar-refractivity contribution in [2.24, 2.45) is 0 Å². The van der Waals surface area contributed by atoms with Gasteiger partial charge in [0.15, 0.2) is 0 Å². The second-order valence-corrected chi connectivity index (χ2v) is 43.9. The lowest BCUT2D eigenvalue weighted by Crippen LogP contribution is -2.34. The van der Waals surface area contributed by atoms with Crippen molar-refractivity contribution in [1.82, 2.24) is 83.5 Å². The smallest absolute Gasteiger partial charge is 0.328 e. The number of anilines is 5. The quantitative estimate of drug-likeness (QED) is 0.0187. The zero-order valence-electron chi connectivity index (χ0n) is 82.8. The average molecular weight is 2120 g/mol. The molecule has 772 valence electrons. The van der Waals surface area contributed by atoms with E-state index in [1.807, 2.05) is 185 Å². The number of hydrogen-bond donors (Lipinski definition) is 10. The molecule has 10 N–H and O–H groups in total. The van der Waals surface area contributed by atoms with Gasteiger partial charge in [-0.15, -0.1) is 56.7 Å². The van der Waals surface area contributed by atoms with Gasteiger partial charge in [0.05, 0.1) is 104 Å². The molecule has 4 amide bonds. The summed E-state index contributed by atoms with van der Waals surface area (Å²) in [5, 5.41) is 71.4. The summed E-state index contributed by atoms with van der Waals surface area (Å²) in [6, 6.07) is 48.5. The molecule has 34 nitrogen and oxygen atoms in total. The maximum Gasteiger partial charge on any atom is 0.328 e. The SMILES string of the molecule is C=CC(=O)N1CCc2c(sc3ncnc(N[C@H](C)c4ccccc4)c23)C1.C=CS(=O)(=O)N1CCc2c(sc3ncnc(N[C@H](CO)c4ccccc4)c23)C1.CN(C)C/C=C/C(=O)N1CCc2c(sc3ncnc(N[C@H](CO)c4ccccc4)c23)C1.O=C(/C=C/CN1CCCCC1)N1CCc2c(sc3ncnc(N[C@H](CO)c4ccccc4)c23)C1.O=C(O)/C=C\C(=O)N1CCc2c(sc3ncnc(N[C@H](CO)c4ccccc4)c23)C1. The second kappa shape index (κ2) is 50.4. The number of rotatable bonds is 30. The Morgan fingerprint density at radius 1 is 0.376 bits per heavy atom. The number of aliphatic hydroxyl groups is 4. The van der Waals surface area contributed by atoms with Gasteiger partial charge in [-0.2, -0.15) is 4.31 Å². The van der Waals surface area contributed by atoms with Crippen molar-refractivity contribution in [3.05, 3.63) is 324 Å². The van der Waals surface area contributed by atoms with Crippen molar-refractivity contribution in [2.45, 2.75) is 121 Å². The Morgan fingerprint density at radius 3 is 0.980 bits per heavy atom. The molecular formula is C109H118N22O12S6. The van der Waals surface area contributed by atoms with Gasteiger partial charge in [-0.1, -0.05) is 183 Å². The molecule has 0 aliphatic carbocycles. The first-order chi connectivity index (χ1) is 72.5. The van der Waals surface area contributed by atoms with E-state index in [-0.39, 0.29) is 80.3 Å². The van der Waals surface area contributed by atoms with Gasteiger partial charge >= 0.3 is 5.97 Å². The van der Waals surface area contributed by atoms with Gasteiger partial charge in [0, 0.05) is 112 Å². The first kappa shape index (κ1) is 106. The molecule has 6 aliphatic heterocycles. The molecule has 6 aliphatic rings. The summed E-state index contributed by atoms with van der Waals surface area (Å²) in [5.74, 6) is 2.29. The van der Waals surface area contributed by atoms with Crippen LogP contribution >= 0.6 is 56.7 Å². The number of nitrogens with zero attached hydrogens (tertiary/aromatic N) is 17. The van der Waals surface area contributed by atoms with Crippen molar-refractivity contribution in [3.63, 3.8) is 0 Å². The molecule has 0 bridgehead atoms. The zero-order chi connectivity index (χ0) is 104. The van der Waals surface area contributed by atoms with Gasteiger partial charge in [-0.25, -0.2) is 63.1 Å². The molecule has 10 aromatic heterocycles. The maximum absolute atomic E-state index is 12.8. The number of benzene rings is 5. The van der Waals surface area contributed by atoms with E-state index in [4.69, 9.17) is 5.11 Å². The first-order valence-electron chi connectivity index (χ1n) is 49.3. The summed E-state index contributed by atoms with van der Waals surface area (Å²) in [6.07, 6.45) is 25.7. The predicted octanol–water partition coefficient (Wildman–Crippen LogP) is 15.6. The molecule has 1 saturated heterocycles. The number of carbonyl (C=O) groups is 5. The van der Waals surface area contributed by atoms with Crippen molar-refractivity contribution < 1.29 is 57.9 Å². The van der Waals surface area contributed by atoms with E-state index in [0.29, 0.717) is 89.9 Å². The van der Waals surface area contributed by atoms with Crippen molar-refractivity contribution >= 4 is 176 Å². The number of carboxylic acids is 1. The number of piperidine rings is 1. The molecule has 0 unspecified atom stereocenters. The minimum absolute atomic E-state index is 0.0183. The van der Waals surface area contributed by atoms with E-state index in [9.17, 15) is 52.8 Å². The number of aromatic nitrogens is 10. The van der Waals surface area contributed by atoms with E-state index in [1.54, 1.807) is 70.0 Å². The summed E-state index contributed by atoms with van der Waals surface area (Å²) < 4.78 is 25.7. The van der Waals surface area contributed by atoms with Crippen LogP contribution in [0.4, 0.5) is 29.1 Å². The van der Waals surface area contributed by atoms with Crippen LogP contribution in [0.1, 0.15) is 136 Å². The molecule has 15 aromatic rings. The van der Waals surface area contributed by atoms with Gasteiger partial charge in [0.1, 0.15) is 84.9 Å². The number of hydrogen-bond acceptors (Lipinski definition) is 33. The number of likely N-dealkylation sites (tertiary alicyclic amines) is 1. The Bertz CT molecular complexity index is 7460. The van der Waals surface area contributed by atoms with Crippen LogP contribution in [0.15, 0.2) is 244 Å². The first-order valence-corrected chi connectivity index (χ1v) is 54.9. The van der Waals surface area contributed by atoms with Crippen molar-refractivity contribution in [1.29, 1.82) is 0 Å². The standard InChI is InChI=1S/C26H31N5O2S.C23H27N5O2S.C21H20N4O4S.C20H20N4OS.C19H20N4O3S2/c32-17-21(19-8-3-1-4-9-19)29-25-24-20-11-15-31(16-22(20)34-26(24)28-18-27-25)23(33)10-7-14-30-12-5-2-6-13-30;1-27(2)11-6-9-20(30)28-12-10-17-19(13-28)31-23-21(17)22(24-15-25-23)26-18(14-29)16-7-4-3-5-8-16;26-11-15(13-4-2-1-3-5-13)24-20-19-14-8-9-25(17(27)6-7-18(28)29)10-16(14)30-21(19)23-12-22-20;1-3-17(25)24-10-9-15-16(11-24)26-20-18(15)19(21-12-22-20)23-13(2)14-7-5-4-6-8-14;1-2-28(25,26)23-9-8-14-16(10-23)27-19-17(14)18(20-12-21-19)22-15(11-24)13-6-4-3-5-7-13/h1,3-4,7-10,18,21,32H,2,5-6,11-17H2,(H,27,28,29);3-9,15,18,29H,10-14H2,1-2H3,(H,24,25,26);1-7,12,15,26H,8-11H2,(H,28,29)(H,22,23,24);3-8,12-13H,1,9-11H2,2H3,(H,21,22,23);2-7,12,15,24H,1,8-11H2,(H,20,21,22)/b10-7+;9-6+;7-6-;;/t21-;18-;15-;13-;15-/m11111/s1. The summed E-state index contributed by atoms with van der Waals surface area (Å²) in [4.78, 5) is 126. The molecule has 16 heterocycles. The van der Waals surface area contributed by atoms with Crippen LogP contribution in [0, 0.1) is 0 Å². The van der Waals surface area contributed by atoms with E-state index in [2.05, 4.69) is 114 Å². The highest BCUT2D eigenvalue weighted by atomic mass is 32.2. The Balaban J connectivity index is 0.000000127. The van der Waals surface area contributed by atoms with Crippen LogP contribution in [0.5, 0.6) is 0 Å². The van der Waals surface area contributed by atoms with Crippen LogP contribution in [-0.2, 0) is 98.8 Å². The minimum atomic E-state index is -3.45. The van der Waals surface area contributed by atoms with Crippen LogP contribution in [-0.4, -0.2) is 247 Å². The molecule has 0 radical (unpaired) electrons. The van der Waals surface area contributed by atoms with Crippen LogP contribution in [0.25, 0.3) is 51.1 Å². The second-order valence-electron chi connectivity index (χ2n) is 36.6. The fourth-order valence-corrected chi connectivity index (χ4v) is 26.0. The Hall–Kier alpha value is -14.0. The highest BCUT2D eigenvalue weighted by Crippen LogP contribution is 2.45. The van der Waals surface area contributed by atoms with Crippen LogP contribution in [0.2, 0.25) is 0 Å². The minimum Gasteiger partial charge on any atom is -0.478 e. The van der Waals surface area contributed by atoms with Gasteiger partial charge < -0.3 is 76.6 Å². The van der Waals surface area contributed by atoms with E-state index in [1.165, 1.54) is 97.0 Å². The number of thiophene rings is 5. The maximum atomic E-state index is 12.8. The van der Waals surface area contributed by atoms with Crippen LogP contribution in [0.3, 0.4) is 0 Å². The monoisotopic (exact) mass is 2120 g/mol. The normalized spacial score (nSPS) is 15.7. The Kier molecular flexibility index (Phi) is 35.9. The van der Waals surface area contributed by atoms with E-state index >= 15 is 0 Å². The lowest BCUT2D eigenvalue weighted by Gasteiger charge is -2.27. The van der Waals surface area contributed by atoms with Gasteiger partial charge in [0.2, 0.25) is 33.7 Å². The molecule has 149 heavy (non-hydrogen) atoms. The fourth-order valence-electron chi connectivity index (χ4n) is 19.0. The van der Waals surface area contributed by atoms with E-state index in [0.717, 1.165) is 180 Å². The van der Waals surface area contributed by atoms with Gasteiger partial charge in [-0.05, 0) is 141 Å². The molecule has 40 heteroatoms. The van der Waals surface area contributed by atoms with Crippen LogP contribution < -0.4 is 26.6 Å². The summed E-state index contributed by atoms with van der Waals surface area (Å²) in [7, 11) is 0.503. The fraction of sp³-hybridized carbons (Fsp3) is 0.312. The predicted molar refractivity (Wildman–Crippen MR) is 589 cm³/mol. The highest BCUT2D eigenvalue weighted by molar-refractivity contribution is 7.92. The van der Waals surface area contributed by atoms with Gasteiger partial charge in [0.25, 0.3) is 0 Å². The Labute approximate surface area is 883 Å². The number of likely N-dealkylation sites (N-methyl/N-ethyl adjacent to an activating group) is 1. The third kappa shape index (κ3) is 25.8.